The number of esters is 1. The van der Waals surface area contributed by atoms with Gasteiger partial charge in [0.1, 0.15) is 10.7 Å². The molecular formula is C28H21N3O4S. The second-order valence-electron chi connectivity index (χ2n) is 7.82. The molecule has 36 heavy (non-hydrogen) atoms. The van der Waals surface area contributed by atoms with Gasteiger partial charge in [0.2, 0.25) is 0 Å². The van der Waals surface area contributed by atoms with E-state index in [0.717, 1.165) is 16.9 Å². The van der Waals surface area contributed by atoms with Gasteiger partial charge in [0.25, 0.3) is 11.5 Å². The minimum absolute atomic E-state index is 0.178. The average Bonchev–Trinajstić information content (AvgIpc) is 3.20. The van der Waals surface area contributed by atoms with Crippen LogP contribution in [0.1, 0.15) is 21.5 Å². The van der Waals surface area contributed by atoms with Gasteiger partial charge >= 0.3 is 5.97 Å². The largest absolute Gasteiger partial charge is 0.465 e. The molecule has 0 fully saturated rings. The highest BCUT2D eigenvalue weighted by Crippen LogP contribution is 2.12. The average molecular weight is 496 g/mol. The maximum atomic E-state index is 13.5. The molecule has 0 aliphatic carbocycles. The molecule has 1 heterocycles. The molecule has 0 atom stereocenters. The van der Waals surface area contributed by atoms with Crippen LogP contribution in [0, 0.1) is 18.3 Å². The van der Waals surface area contributed by atoms with Crippen molar-refractivity contribution in [2.45, 2.75) is 6.92 Å². The molecule has 1 aromatic heterocycles. The zero-order valence-corrected chi connectivity index (χ0v) is 20.3. The van der Waals surface area contributed by atoms with Crippen LogP contribution in [0.15, 0.2) is 83.7 Å². The number of rotatable bonds is 5. The Morgan fingerprint density at radius 1 is 1.03 bits per heavy atom. The van der Waals surface area contributed by atoms with Crippen LogP contribution < -0.4 is 20.1 Å². The predicted molar refractivity (Wildman–Crippen MR) is 139 cm³/mol. The van der Waals surface area contributed by atoms with Crippen molar-refractivity contribution >= 4 is 40.5 Å². The van der Waals surface area contributed by atoms with Crippen molar-refractivity contribution in [3.8, 4) is 11.8 Å². The number of nitrogens with zero attached hydrogens (tertiary/aromatic N) is 2. The highest BCUT2D eigenvalue weighted by molar-refractivity contribution is 7.07. The highest BCUT2D eigenvalue weighted by atomic mass is 32.1. The van der Waals surface area contributed by atoms with E-state index in [4.69, 9.17) is 4.74 Å². The molecule has 4 aromatic rings. The third-order valence-electron chi connectivity index (χ3n) is 5.30. The number of methoxy groups -OCH3 is 1. The quantitative estimate of drug-likeness (QED) is 0.429. The summed E-state index contributed by atoms with van der Waals surface area (Å²) in [4.78, 5) is 38.3. The summed E-state index contributed by atoms with van der Waals surface area (Å²) in [7, 11) is 1.31. The van der Waals surface area contributed by atoms with Crippen LogP contribution in [0.4, 0.5) is 5.69 Å². The van der Waals surface area contributed by atoms with Crippen LogP contribution in [-0.4, -0.2) is 23.6 Å². The minimum atomic E-state index is -0.608. The fourth-order valence-corrected chi connectivity index (χ4v) is 4.66. The first-order valence-electron chi connectivity index (χ1n) is 10.9. The van der Waals surface area contributed by atoms with Crippen LogP contribution >= 0.6 is 11.3 Å². The molecule has 0 bridgehead atoms. The van der Waals surface area contributed by atoms with E-state index >= 15 is 0 Å². The fourth-order valence-electron chi connectivity index (χ4n) is 3.56. The number of aromatic nitrogens is 1. The number of para-hydroxylation sites is 1. The van der Waals surface area contributed by atoms with Gasteiger partial charge in [-0.15, -0.1) is 11.3 Å². The predicted octanol–water partition coefficient (Wildman–Crippen LogP) is 3.14. The van der Waals surface area contributed by atoms with E-state index in [9.17, 15) is 19.6 Å². The molecule has 8 heteroatoms. The van der Waals surface area contributed by atoms with E-state index in [2.05, 4.69) is 5.32 Å². The summed E-state index contributed by atoms with van der Waals surface area (Å²) >= 11 is 1.05. The third-order valence-corrected chi connectivity index (χ3v) is 6.39. The van der Waals surface area contributed by atoms with Gasteiger partial charge in [-0.05, 0) is 60.5 Å². The van der Waals surface area contributed by atoms with E-state index < -0.39 is 11.9 Å². The summed E-state index contributed by atoms with van der Waals surface area (Å²) in [5.74, 6) is -1.07. The summed E-state index contributed by atoms with van der Waals surface area (Å²) in [5, 5.41) is 12.7. The first kappa shape index (κ1) is 24.4. The molecule has 0 radical (unpaired) electrons. The van der Waals surface area contributed by atoms with Crippen LogP contribution in [-0.2, 0) is 9.53 Å². The lowest BCUT2D eigenvalue weighted by Crippen LogP contribution is -2.32. The molecule has 0 saturated carbocycles. The van der Waals surface area contributed by atoms with Gasteiger partial charge in [-0.25, -0.2) is 4.79 Å². The van der Waals surface area contributed by atoms with Gasteiger partial charge in [0.05, 0.1) is 22.9 Å². The van der Waals surface area contributed by atoms with Gasteiger partial charge in [0, 0.05) is 5.69 Å². The Morgan fingerprint density at radius 3 is 2.39 bits per heavy atom. The molecule has 0 aliphatic heterocycles. The fraction of sp³-hybridized carbons (Fsp3) is 0.0714. The molecule has 3 aromatic carbocycles. The molecule has 178 valence electrons. The Hall–Kier alpha value is -4.74. The molecule has 0 saturated heterocycles. The molecule has 0 unspecified atom stereocenters. The number of carbonyl (C=O) groups is 2. The van der Waals surface area contributed by atoms with Gasteiger partial charge in [-0.2, -0.15) is 5.26 Å². The van der Waals surface area contributed by atoms with Crippen molar-refractivity contribution in [1.29, 1.82) is 5.26 Å². The van der Waals surface area contributed by atoms with Gasteiger partial charge in [-0.3, -0.25) is 14.2 Å². The van der Waals surface area contributed by atoms with E-state index in [1.165, 1.54) is 11.7 Å². The summed E-state index contributed by atoms with van der Waals surface area (Å²) < 4.78 is 6.64. The van der Waals surface area contributed by atoms with E-state index in [1.54, 1.807) is 72.8 Å². The first-order valence-corrected chi connectivity index (χ1v) is 11.7. The number of nitriles is 1. The zero-order chi connectivity index (χ0) is 25.7. The summed E-state index contributed by atoms with van der Waals surface area (Å²) in [6.45, 7) is 1.90. The summed E-state index contributed by atoms with van der Waals surface area (Å²) in [6.07, 6.45) is 1.66. The van der Waals surface area contributed by atoms with Gasteiger partial charge < -0.3 is 10.1 Å². The second-order valence-corrected chi connectivity index (χ2v) is 8.85. The van der Waals surface area contributed by atoms with Crippen molar-refractivity contribution in [3.63, 3.8) is 0 Å². The molecule has 1 amide bonds. The number of nitrogens with one attached hydrogen (secondary N) is 1. The Kier molecular flexibility index (Phi) is 7.23. The molecule has 1 N–H and O–H groups in total. The normalized spacial score (nSPS) is 12.0. The minimum Gasteiger partial charge on any atom is -0.465 e. The number of amides is 1. The monoisotopic (exact) mass is 495 g/mol. The number of hydrogen-bond acceptors (Lipinski definition) is 6. The van der Waals surface area contributed by atoms with Crippen molar-refractivity contribution in [1.82, 2.24) is 4.57 Å². The van der Waals surface area contributed by atoms with Gasteiger partial charge in [-0.1, -0.05) is 42.5 Å². The van der Waals surface area contributed by atoms with E-state index in [0.29, 0.717) is 27.0 Å². The van der Waals surface area contributed by atoms with E-state index in [-0.39, 0.29) is 15.8 Å². The van der Waals surface area contributed by atoms with E-state index in [1.807, 2.05) is 25.1 Å². The Balaban J connectivity index is 1.89. The van der Waals surface area contributed by atoms with Crippen molar-refractivity contribution in [3.05, 3.63) is 115 Å². The number of ether oxygens (including phenoxy) is 1. The van der Waals surface area contributed by atoms with Crippen LogP contribution in [0.25, 0.3) is 17.3 Å². The standard InChI is InChI=1S/C28H21N3O4S/c1-18-7-6-8-21(15-18)30-25(32)23(17-29)27-31(22-9-4-3-5-10-22)26(33)24(36-27)16-19-11-13-20(14-12-19)28(34)35-2/h3-16H,1-2H3,(H,30,32). The van der Waals surface area contributed by atoms with Crippen molar-refractivity contribution in [2.24, 2.45) is 0 Å². The number of thiazole rings is 1. The van der Waals surface area contributed by atoms with Crippen molar-refractivity contribution < 1.29 is 14.3 Å². The smallest absolute Gasteiger partial charge is 0.337 e. The Morgan fingerprint density at radius 2 is 1.75 bits per heavy atom. The van der Waals surface area contributed by atoms with Crippen LogP contribution in [0.5, 0.6) is 0 Å². The SMILES string of the molecule is COC(=O)c1ccc(C=c2sc(=C(C#N)C(=O)Nc3cccc(C)c3)n(-c3ccccc3)c2=O)cc1. The summed E-state index contributed by atoms with van der Waals surface area (Å²) in [6, 6.07) is 24.6. The maximum absolute atomic E-state index is 13.5. The summed E-state index contributed by atoms with van der Waals surface area (Å²) in [5.41, 5.74) is 2.56. The topological polar surface area (TPSA) is 101 Å². The second kappa shape index (κ2) is 10.7. The first-order chi connectivity index (χ1) is 17.4. The maximum Gasteiger partial charge on any atom is 0.337 e. The molecule has 0 spiro atoms. The molecule has 4 rings (SSSR count). The number of hydrogen-bond donors (Lipinski definition) is 1. The van der Waals surface area contributed by atoms with Crippen molar-refractivity contribution in [2.75, 3.05) is 12.4 Å². The number of carbonyl (C=O) groups excluding carboxylic acids is 2. The lowest BCUT2D eigenvalue weighted by molar-refractivity contribution is -0.111. The number of benzene rings is 3. The lowest BCUT2D eigenvalue weighted by Gasteiger charge is -2.06. The third kappa shape index (κ3) is 5.17. The van der Waals surface area contributed by atoms with Crippen LogP contribution in [0.2, 0.25) is 0 Å². The molecule has 0 aliphatic rings. The molecule has 7 nitrogen and oxygen atoms in total. The number of aryl methyl sites for hydroxylation is 1. The highest BCUT2D eigenvalue weighted by Gasteiger charge is 2.17. The number of anilines is 1. The Bertz CT molecular complexity index is 1660. The van der Waals surface area contributed by atoms with Gasteiger partial charge in [0.15, 0.2) is 5.57 Å². The zero-order valence-electron chi connectivity index (χ0n) is 19.5. The Labute approximate surface area is 210 Å². The molecular weight excluding hydrogens is 474 g/mol. The van der Waals surface area contributed by atoms with Crippen LogP contribution in [0.3, 0.4) is 0 Å². The lowest BCUT2D eigenvalue weighted by atomic mass is 10.1.